The van der Waals surface area contributed by atoms with Crippen LogP contribution in [0.3, 0.4) is 0 Å². The van der Waals surface area contributed by atoms with Gasteiger partial charge in [0.25, 0.3) is 0 Å². The van der Waals surface area contributed by atoms with Gasteiger partial charge in [-0.25, -0.2) is 0 Å². The first-order valence-electron chi connectivity index (χ1n) is 5.95. The molecule has 1 N–H and O–H groups in total. The monoisotopic (exact) mass is 262 g/mol. The number of carbonyl (C=O) groups excluding carboxylic acids is 1. The standard InChI is InChI=1S/C12H23NO5/c1-13(2,3)9-10(8-11(14)15)18-12(16)6-5-7-17-4/h10H,5-9H2,1-4H3/p+1. The summed E-state index contributed by atoms with van der Waals surface area (Å²) in [5.41, 5.74) is 0. The summed E-state index contributed by atoms with van der Waals surface area (Å²) in [6.07, 6.45) is 0.0872. The van der Waals surface area contributed by atoms with Crippen LogP contribution in [0.5, 0.6) is 0 Å². The van der Waals surface area contributed by atoms with E-state index in [1.165, 1.54) is 0 Å². The third-order valence-electron chi connectivity index (χ3n) is 2.18. The number of carbonyl (C=O) groups is 2. The molecule has 0 aromatic rings. The van der Waals surface area contributed by atoms with E-state index >= 15 is 0 Å². The number of ether oxygens (including phenoxy) is 2. The molecular weight excluding hydrogens is 238 g/mol. The lowest BCUT2D eigenvalue weighted by atomic mass is 10.2. The van der Waals surface area contributed by atoms with Gasteiger partial charge < -0.3 is 19.1 Å². The molecule has 0 amide bonds. The van der Waals surface area contributed by atoms with Gasteiger partial charge in [0.1, 0.15) is 6.54 Å². The first kappa shape index (κ1) is 16.9. The predicted molar refractivity (Wildman–Crippen MR) is 66.1 cm³/mol. The predicted octanol–water partition coefficient (Wildman–Crippen LogP) is 0.506. The van der Waals surface area contributed by atoms with Gasteiger partial charge in [-0.3, -0.25) is 9.59 Å². The molecule has 18 heavy (non-hydrogen) atoms. The molecule has 0 rings (SSSR count). The Morgan fingerprint density at radius 3 is 2.33 bits per heavy atom. The number of carboxylic acid groups (broad SMARTS) is 1. The summed E-state index contributed by atoms with van der Waals surface area (Å²) in [6.45, 7) is 0.969. The molecule has 0 radical (unpaired) electrons. The van der Waals surface area contributed by atoms with Crippen molar-refractivity contribution >= 4 is 11.9 Å². The quantitative estimate of drug-likeness (QED) is 0.372. The molecule has 0 aliphatic carbocycles. The molecule has 0 aliphatic rings. The van der Waals surface area contributed by atoms with Crippen LogP contribution >= 0.6 is 0 Å². The van der Waals surface area contributed by atoms with E-state index in [9.17, 15) is 9.59 Å². The molecule has 0 heterocycles. The van der Waals surface area contributed by atoms with Crippen molar-refractivity contribution in [3.8, 4) is 0 Å². The van der Waals surface area contributed by atoms with Gasteiger partial charge in [-0.15, -0.1) is 0 Å². The Bertz CT molecular complexity index is 272. The highest BCUT2D eigenvalue weighted by molar-refractivity contribution is 5.71. The summed E-state index contributed by atoms with van der Waals surface area (Å²) in [4.78, 5) is 22.2. The number of esters is 1. The smallest absolute Gasteiger partial charge is 0.307 e. The molecule has 0 aromatic heterocycles. The minimum absolute atomic E-state index is 0.161. The largest absolute Gasteiger partial charge is 0.481 e. The lowest BCUT2D eigenvalue weighted by molar-refractivity contribution is -0.873. The van der Waals surface area contributed by atoms with Crippen molar-refractivity contribution < 1.29 is 28.7 Å². The van der Waals surface area contributed by atoms with Crippen molar-refractivity contribution in [1.82, 2.24) is 0 Å². The van der Waals surface area contributed by atoms with Gasteiger partial charge in [-0.05, 0) is 6.42 Å². The summed E-state index contributed by atoms with van der Waals surface area (Å²) in [7, 11) is 7.34. The zero-order valence-electron chi connectivity index (χ0n) is 11.6. The lowest BCUT2D eigenvalue weighted by Crippen LogP contribution is -2.43. The Kier molecular flexibility index (Phi) is 7.54. The Labute approximate surface area is 108 Å². The van der Waals surface area contributed by atoms with Crippen LogP contribution in [0.2, 0.25) is 0 Å². The minimum Gasteiger partial charge on any atom is -0.481 e. The summed E-state index contributed by atoms with van der Waals surface area (Å²) in [6, 6.07) is 0. The van der Waals surface area contributed by atoms with E-state index in [-0.39, 0.29) is 18.8 Å². The van der Waals surface area contributed by atoms with Crippen LogP contribution in [0, 0.1) is 0 Å². The molecule has 0 spiro atoms. The molecule has 6 nitrogen and oxygen atoms in total. The fourth-order valence-electron chi connectivity index (χ4n) is 1.55. The van der Waals surface area contributed by atoms with Crippen molar-refractivity contribution in [3.63, 3.8) is 0 Å². The highest BCUT2D eigenvalue weighted by Gasteiger charge is 2.24. The molecule has 0 aliphatic heterocycles. The number of nitrogens with zero attached hydrogens (tertiary/aromatic N) is 1. The van der Waals surface area contributed by atoms with Gasteiger partial charge in [0.2, 0.25) is 0 Å². The highest BCUT2D eigenvalue weighted by atomic mass is 16.5. The van der Waals surface area contributed by atoms with Crippen LogP contribution in [-0.4, -0.2) is 69.0 Å². The summed E-state index contributed by atoms with van der Waals surface area (Å²) < 4.78 is 10.6. The van der Waals surface area contributed by atoms with E-state index in [4.69, 9.17) is 14.6 Å². The van der Waals surface area contributed by atoms with Crippen LogP contribution in [-0.2, 0) is 19.1 Å². The average Bonchev–Trinajstić information content (AvgIpc) is 2.13. The minimum atomic E-state index is -0.960. The number of likely N-dealkylation sites (N-methyl/N-ethyl adjacent to an activating group) is 1. The van der Waals surface area contributed by atoms with E-state index in [2.05, 4.69) is 0 Å². The second-order valence-electron chi connectivity index (χ2n) is 5.28. The van der Waals surface area contributed by atoms with E-state index < -0.39 is 12.1 Å². The second-order valence-corrected chi connectivity index (χ2v) is 5.28. The number of carboxylic acids is 1. The average molecular weight is 262 g/mol. The topological polar surface area (TPSA) is 72.8 Å². The second kappa shape index (κ2) is 8.05. The maximum atomic E-state index is 11.5. The lowest BCUT2D eigenvalue weighted by Gasteiger charge is -2.28. The third kappa shape index (κ3) is 10.0. The van der Waals surface area contributed by atoms with E-state index in [0.717, 1.165) is 0 Å². The highest BCUT2D eigenvalue weighted by Crippen LogP contribution is 2.07. The van der Waals surface area contributed by atoms with Gasteiger partial charge in [-0.1, -0.05) is 0 Å². The van der Waals surface area contributed by atoms with Gasteiger partial charge in [0, 0.05) is 20.1 Å². The fourth-order valence-corrected chi connectivity index (χ4v) is 1.55. The maximum absolute atomic E-state index is 11.5. The molecule has 0 saturated heterocycles. The molecule has 0 aromatic carbocycles. The van der Waals surface area contributed by atoms with Gasteiger partial charge in [0.05, 0.1) is 27.6 Å². The molecule has 0 bridgehead atoms. The fraction of sp³-hybridized carbons (Fsp3) is 0.833. The number of methoxy groups -OCH3 is 1. The zero-order valence-corrected chi connectivity index (χ0v) is 11.6. The Balaban J connectivity index is 4.22. The van der Waals surface area contributed by atoms with E-state index in [1.807, 2.05) is 21.1 Å². The molecule has 1 unspecified atom stereocenters. The molecule has 0 saturated carbocycles. The van der Waals surface area contributed by atoms with Crippen molar-refractivity contribution in [2.75, 3.05) is 41.4 Å². The van der Waals surface area contributed by atoms with Crippen molar-refractivity contribution in [2.45, 2.75) is 25.4 Å². The van der Waals surface area contributed by atoms with Crippen molar-refractivity contribution in [3.05, 3.63) is 0 Å². The van der Waals surface area contributed by atoms with Crippen LogP contribution < -0.4 is 0 Å². The van der Waals surface area contributed by atoms with Gasteiger partial charge in [0.15, 0.2) is 6.10 Å². The molecule has 106 valence electrons. The first-order valence-corrected chi connectivity index (χ1v) is 5.95. The summed E-state index contributed by atoms with van der Waals surface area (Å²) >= 11 is 0. The van der Waals surface area contributed by atoms with E-state index in [0.29, 0.717) is 24.1 Å². The zero-order chi connectivity index (χ0) is 14.2. The van der Waals surface area contributed by atoms with E-state index in [1.54, 1.807) is 7.11 Å². The van der Waals surface area contributed by atoms with Crippen LogP contribution in [0.4, 0.5) is 0 Å². The Hall–Kier alpha value is -1.14. The summed E-state index contributed by atoms with van der Waals surface area (Å²) in [5, 5.41) is 8.79. The number of quaternary nitrogens is 1. The first-order chi connectivity index (χ1) is 8.24. The summed E-state index contributed by atoms with van der Waals surface area (Å²) in [5.74, 6) is -1.33. The Morgan fingerprint density at radius 1 is 1.28 bits per heavy atom. The van der Waals surface area contributed by atoms with Crippen molar-refractivity contribution in [1.29, 1.82) is 0 Å². The number of hydrogen-bond acceptors (Lipinski definition) is 4. The number of hydrogen-bond donors (Lipinski definition) is 1. The van der Waals surface area contributed by atoms with Gasteiger partial charge >= 0.3 is 11.9 Å². The van der Waals surface area contributed by atoms with Crippen molar-refractivity contribution in [2.24, 2.45) is 0 Å². The Morgan fingerprint density at radius 2 is 1.89 bits per heavy atom. The SMILES string of the molecule is COCCCC(=O)OC(CC(=O)O)C[N+](C)(C)C. The molecule has 1 atom stereocenters. The van der Waals surface area contributed by atoms with Gasteiger partial charge in [-0.2, -0.15) is 0 Å². The molecule has 6 heteroatoms. The molecular formula is C12H24NO5+. The number of aliphatic carboxylic acids is 1. The number of rotatable bonds is 9. The van der Waals surface area contributed by atoms with Crippen LogP contribution in [0.25, 0.3) is 0 Å². The maximum Gasteiger partial charge on any atom is 0.307 e. The molecule has 0 fully saturated rings. The normalized spacial score (nSPS) is 13.1. The van der Waals surface area contributed by atoms with Crippen LogP contribution in [0.15, 0.2) is 0 Å². The third-order valence-corrected chi connectivity index (χ3v) is 2.18. The van der Waals surface area contributed by atoms with Crippen LogP contribution in [0.1, 0.15) is 19.3 Å².